The van der Waals surface area contributed by atoms with Crippen LogP contribution in [-0.4, -0.2) is 32.7 Å². The lowest BCUT2D eigenvalue weighted by atomic mass is 9.98. The smallest absolute Gasteiger partial charge is 0.135 e. The SMILES string of the molecule is CCCC(C)CC(=O)CCOCCOC. The molecule has 0 N–H and O–H groups in total. The number of rotatable bonds is 10. The second-order valence-corrected chi connectivity index (χ2v) is 3.99. The summed E-state index contributed by atoms with van der Waals surface area (Å²) >= 11 is 0. The predicted octanol–water partition coefficient (Wildman–Crippen LogP) is 2.43. The van der Waals surface area contributed by atoms with Crippen LogP contribution in [0.5, 0.6) is 0 Å². The zero-order chi connectivity index (χ0) is 11.5. The summed E-state index contributed by atoms with van der Waals surface area (Å²) in [6.07, 6.45) is 3.52. The van der Waals surface area contributed by atoms with Gasteiger partial charge in [-0.1, -0.05) is 26.7 Å². The maximum Gasteiger partial charge on any atom is 0.135 e. The van der Waals surface area contributed by atoms with E-state index in [2.05, 4.69) is 13.8 Å². The van der Waals surface area contributed by atoms with E-state index >= 15 is 0 Å². The Bertz CT molecular complexity index is 157. The summed E-state index contributed by atoms with van der Waals surface area (Å²) in [6.45, 7) is 5.98. The number of Topliss-reactive ketones (excluding diaryl/α,β-unsaturated/α-hetero) is 1. The quantitative estimate of drug-likeness (QED) is 0.526. The molecule has 0 aromatic rings. The van der Waals surface area contributed by atoms with Gasteiger partial charge in [0.15, 0.2) is 0 Å². The van der Waals surface area contributed by atoms with E-state index in [9.17, 15) is 4.79 Å². The van der Waals surface area contributed by atoms with E-state index in [4.69, 9.17) is 9.47 Å². The van der Waals surface area contributed by atoms with Crippen LogP contribution >= 0.6 is 0 Å². The lowest BCUT2D eigenvalue weighted by molar-refractivity contribution is -0.121. The Morgan fingerprint density at radius 1 is 1.27 bits per heavy atom. The van der Waals surface area contributed by atoms with Gasteiger partial charge in [0.25, 0.3) is 0 Å². The van der Waals surface area contributed by atoms with Crippen molar-refractivity contribution in [2.24, 2.45) is 5.92 Å². The number of hydrogen-bond acceptors (Lipinski definition) is 3. The minimum atomic E-state index is 0.313. The molecule has 0 aromatic heterocycles. The maximum absolute atomic E-state index is 11.4. The summed E-state index contributed by atoms with van der Waals surface area (Å²) in [6, 6.07) is 0. The highest BCUT2D eigenvalue weighted by Crippen LogP contribution is 2.11. The third-order valence-electron chi connectivity index (χ3n) is 2.31. The topological polar surface area (TPSA) is 35.5 Å². The molecule has 3 nitrogen and oxygen atoms in total. The monoisotopic (exact) mass is 216 g/mol. The number of carbonyl (C=O) groups is 1. The van der Waals surface area contributed by atoms with Crippen LogP contribution in [0, 0.1) is 5.92 Å². The fraction of sp³-hybridized carbons (Fsp3) is 0.917. The van der Waals surface area contributed by atoms with Gasteiger partial charge in [0.05, 0.1) is 19.8 Å². The van der Waals surface area contributed by atoms with E-state index in [1.807, 2.05) is 0 Å². The largest absolute Gasteiger partial charge is 0.382 e. The Kier molecular flexibility index (Phi) is 9.84. The Morgan fingerprint density at radius 3 is 2.60 bits per heavy atom. The summed E-state index contributed by atoms with van der Waals surface area (Å²) in [5.74, 6) is 0.829. The molecular weight excluding hydrogens is 192 g/mol. The number of carbonyl (C=O) groups excluding carboxylic acids is 1. The molecule has 15 heavy (non-hydrogen) atoms. The molecule has 0 aliphatic carbocycles. The van der Waals surface area contributed by atoms with E-state index in [1.165, 1.54) is 0 Å². The second-order valence-electron chi connectivity index (χ2n) is 3.99. The van der Waals surface area contributed by atoms with Gasteiger partial charge < -0.3 is 9.47 Å². The Balaban J connectivity index is 3.32. The molecule has 1 atom stereocenters. The summed E-state index contributed by atoms with van der Waals surface area (Å²) in [4.78, 5) is 11.4. The van der Waals surface area contributed by atoms with Gasteiger partial charge in [0.2, 0.25) is 0 Å². The minimum absolute atomic E-state index is 0.313. The molecule has 3 heteroatoms. The van der Waals surface area contributed by atoms with Crippen LogP contribution in [0.2, 0.25) is 0 Å². The molecule has 0 heterocycles. The number of methoxy groups -OCH3 is 1. The lowest BCUT2D eigenvalue weighted by Crippen LogP contribution is -2.10. The van der Waals surface area contributed by atoms with E-state index in [-0.39, 0.29) is 0 Å². The maximum atomic E-state index is 11.4. The first-order valence-electron chi connectivity index (χ1n) is 5.79. The highest BCUT2D eigenvalue weighted by molar-refractivity contribution is 5.78. The van der Waals surface area contributed by atoms with Gasteiger partial charge in [-0.15, -0.1) is 0 Å². The van der Waals surface area contributed by atoms with E-state index < -0.39 is 0 Å². The predicted molar refractivity (Wildman–Crippen MR) is 61.0 cm³/mol. The molecule has 0 bridgehead atoms. The van der Waals surface area contributed by atoms with Gasteiger partial charge in [-0.3, -0.25) is 4.79 Å². The summed E-state index contributed by atoms with van der Waals surface area (Å²) in [5.41, 5.74) is 0. The molecule has 1 unspecified atom stereocenters. The van der Waals surface area contributed by atoms with Gasteiger partial charge in [0, 0.05) is 20.0 Å². The lowest BCUT2D eigenvalue weighted by Gasteiger charge is -2.08. The fourth-order valence-corrected chi connectivity index (χ4v) is 1.52. The third kappa shape index (κ3) is 9.88. The Morgan fingerprint density at radius 2 is 2.00 bits per heavy atom. The summed E-state index contributed by atoms with van der Waals surface area (Å²) in [5, 5.41) is 0. The molecular formula is C12H24O3. The highest BCUT2D eigenvalue weighted by Gasteiger charge is 2.07. The first kappa shape index (κ1) is 14.6. The van der Waals surface area contributed by atoms with E-state index in [1.54, 1.807) is 7.11 Å². The zero-order valence-corrected chi connectivity index (χ0v) is 10.3. The second kappa shape index (κ2) is 10.1. The molecule has 0 rings (SSSR count). The van der Waals surface area contributed by atoms with Crippen LogP contribution in [0.15, 0.2) is 0 Å². The van der Waals surface area contributed by atoms with Crippen molar-refractivity contribution in [2.45, 2.75) is 39.5 Å². The first-order valence-corrected chi connectivity index (χ1v) is 5.79. The van der Waals surface area contributed by atoms with Crippen molar-refractivity contribution >= 4 is 5.78 Å². The van der Waals surface area contributed by atoms with Crippen molar-refractivity contribution in [3.63, 3.8) is 0 Å². The van der Waals surface area contributed by atoms with Crippen molar-refractivity contribution in [2.75, 3.05) is 26.9 Å². The highest BCUT2D eigenvalue weighted by atomic mass is 16.5. The average molecular weight is 216 g/mol. The van der Waals surface area contributed by atoms with Crippen LogP contribution in [0.25, 0.3) is 0 Å². The Labute approximate surface area is 93.1 Å². The van der Waals surface area contributed by atoms with Gasteiger partial charge in [-0.05, 0) is 5.92 Å². The molecule has 0 saturated heterocycles. The fourth-order valence-electron chi connectivity index (χ4n) is 1.52. The first-order chi connectivity index (χ1) is 7.20. The normalized spacial score (nSPS) is 12.7. The number of ether oxygens (including phenoxy) is 2. The number of hydrogen-bond donors (Lipinski definition) is 0. The van der Waals surface area contributed by atoms with Gasteiger partial charge in [-0.25, -0.2) is 0 Å². The molecule has 0 radical (unpaired) electrons. The molecule has 0 fully saturated rings. The van der Waals surface area contributed by atoms with Crippen molar-refractivity contribution in [3.05, 3.63) is 0 Å². The van der Waals surface area contributed by atoms with Crippen molar-refractivity contribution < 1.29 is 14.3 Å². The van der Waals surface area contributed by atoms with Crippen LogP contribution in [0.3, 0.4) is 0 Å². The van der Waals surface area contributed by atoms with Crippen LogP contribution < -0.4 is 0 Å². The van der Waals surface area contributed by atoms with Gasteiger partial charge in [0.1, 0.15) is 5.78 Å². The molecule has 0 saturated carbocycles. The minimum Gasteiger partial charge on any atom is -0.382 e. The molecule has 0 amide bonds. The van der Waals surface area contributed by atoms with Crippen molar-refractivity contribution in [3.8, 4) is 0 Å². The molecule has 90 valence electrons. The molecule has 0 spiro atoms. The van der Waals surface area contributed by atoms with E-state index in [0.717, 1.165) is 12.8 Å². The zero-order valence-electron chi connectivity index (χ0n) is 10.3. The van der Waals surface area contributed by atoms with Gasteiger partial charge >= 0.3 is 0 Å². The van der Waals surface area contributed by atoms with Crippen LogP contribution in [-0.2, 0) is 14.3 Å². The number of ketones is 1. The summed E-state index contributed by atoms with van der Waals surface area (Å²) < 4.78 is 10.1. The third-order valence-corrected chi connectivity index (χ3v) is 2.31. The molecule has 0 aromatic carbocycles. The Hall–Kier alpha value is -0.410. The molecule has 0 aliphatic rings. The van der Waals surface area contributed by atoms with Crippen molar-refractivity contribution in [1.29, 1.82) is 0 Å². The van der Waals surface area contributed by atoms with E-state index in [0.29, 0.717) is 44.4 Å². The van der Waals surface area contributed by atoms with Gasteiger partial charge in [-0.2, -0.15) is 0 Å². The van der Waals surface area contributed by atoms with Crippen LogP contribution in [0.1, 0.15) is 39.5 Å². The average Bonchev–Trinajstić information content (AvgIpc) is 2.17. The summed E-state index contributed by atoms with van der Waals surface area (Å²) in [7, 11) is 1.64. The standard InChI is InChI=1S/C12H24O3/c1-4-5-11(2)10-12(13)6-7-15-9-8-14-3/h11H,4-10H2,1-3H3. The van der Waals surface area contributed by atoms with Crippen molar-refractivity contribution in [1.82, 2.24) is 0 Å². The van der Waals surface area contributed by atoms with Crippen LogP contribution in [0.4, 0.5) is 0 Å². The molecule has 0 aliphatic heterocycles.